The van der Waals surface area contributed by atoms with Gasteiger partial charge in [-0.05, 0) is 57.8 Å². The van der Waals surface area contributed by atoms with Crippen LogP contribution in [0, 0.1) is 0 Å². The van der Waals surface area contributed by atoms with Gasteiger partial charge in [0.1, 0.15) is 0 Å². The quantitative estimate of drug-likeness (QED) is 0.0320. The van der Waals surface area contributed by atoms with Crippen LogP contribution in [0.25, 0.3) is 0 Å². The smallest absolute Gasteiger partial charge is 0.305 e. The third kappa shape index (κ3) is 63.3. The maximum absolute atomic E-state index is 12.4. The Hall–Kier alpha value is -1.92. The molecule has 0 radical (unpaired) electrons. The Morgan fingerprint density at radius 2 is 0.667 bits per heavy atom. The van der Waals surface area contributed by atoms with E-state index < -0.39 is 12.1 Å². The minimum atomic E-state index is -0.838. The number of esters is 1. The summed E-state index contributed by atoms with van der Waals surface area (Å²) in [6.07, 6.45) is 86.8. The van der Waals surface area contributed by atoms with E-state index in [1.807, 2.05) is 6.08 Å². The fourth-order valence-electron chi connectivity index (χ4n) is 11.0. The highest BCUT2D eigenvalue weighted by molar-refractivity contribution is 5.76. The zero-order valence-corrected chi connectivity index (χ0v) is 52.7. The van der Waals surface area contributed by atoms with Crippen LogP contribution < -0.4 is 5.32 Å². The molecular weight excluding hydrogens is 959 g/mol. The van der Waals surface area contributed by atoms with E-state index in [0.717, 1.165) is 51.4 Å². The molecule has 0 rings (SSSR count). The van der Waals surface area contributed by atoms with E-state index in [1.165, 1.54) is 308 Å². The van der Waals surface area contributed by atoms with E-state index in [9.17, 15) is 19.8 Å². The molecule has 0 spiro atoms. The molecule has 6 nitrogen and oxygen atoms in total. The average Bonchev–Trinajstić information content (AvgIpc) is 3.44. The molecule has 6 heteroatoms. The SMILES string of the molecule is CCC/C=C\C/C=C\CCCCCCCC(=O)OCCCCCCCCCCCCCCCCCCCCCCCCCCCCCCCCCCCCCCCC(=O)NC(CO)C(O)/C=C/CCCCCCCCCCC. The highest BCUT2D eigenvalue weighted by atomic mass is 16.5. The number of ether oxygens (including phenoxy) is 1. The summed E-state index contributed by atoms with van der Waals surface area (Å²) in [6, 6.07) is -0.622. The second kappa shape index (κ2) is 67.6. The van der Waals surface area contributed by atoms with E-state index in [2.05, 4.69) is 43.5 Å². The molecule has 0 fully saturated rings. The van der Waals surface area contributed by atoms with Gasteiger partial charge in [-0.2, -0.15) is 0 Å². The first-order chi connectivity index (χ1) is 38.5. The molecule has 0 aliphatic heterocycles. The third-order valence-electron chi connectivity index (χ3n) is 16.4. The molecule has 0 heterocycles. The molecule has 1 amide bonds. The van der Waals surface area contributed by atoms with Gasteiger partial charge in [-0.3, -0.25) is 9.59 Å². The number of aliphatic hydroxyl groups is 2. The topological polar surface area (TPSA) is 95.9 Å². The van der Waals surface area contributed by atoms with Gasteiger partial charge in [0.05, 0.1) is 25.4 Å². The van der Waals surface area contributed by atoms with Crippen LogP contribution in [0.2, 0.25) is 0 Å². The van der Waals surface area contributed by atoms with Gasteiger partial charge in [0, 0.05) is 12.8 Å². The predicted molar refractivity (Wildman–Crippen MR) is 343 cm³/mol. The number of allylic oxidation sites excluding steroid dienone is 5. The second-order valence-corrected chi connectivity index (χ2v) is 24.2. The largest absolute Gasteiger partial charge is 0.466 e. The number of hydrogen-bond acceptors (Lipinski definition) is 5. The van der Waals surface area contributed by atoms with Gasteiger partial charge in [0.2, 0.25) is 5.91 Å². The molecule has 3 N–H and O–H groups in total. The van der Waals surface area contributed by atoms with Gasteiger partial charge in [0.25, 0.3) is 0 Å². The van der Waals surface area contributed by atoms with Crippen molar-refractivity contribution >= 4 is 11.9 Å². The van der Waals surface area contributed by atoms with E-state index in [-0.39, 0.29) is 18.5 Å². The molecule has 460 valence electrons. The standard InChI is InChI=1S/C72H137NO5/c1-3-5-7-9-11-13-15-41-46-50-54-58-62-66-72(77)78-67-63-59-55-51-47-43-40-38-36-34-32-30-28-26-24-22-20-18-16-17-19-21-23-25-27-29-31-33-35-37-39-42-45-49-53-57-61-65-71(76)73-69(68-74)70(75)64-60-56-52-48-44-14-12-10-8-6-4-2/h7,9,13,15,60,64,69-70,74-75H,3-6,8,10-12,14,16-59,61-63,65-68H2,1-2H3,(H,73,76)/b9-7-,15-13-,64-60+. The Balaban J connectivity index is 3.29. The molecular formula is C72H137NO5. The number of amides is 1. The van der Waals surface area contributed by atoms with Gasteiger partial charge in [0.15, 0.2) is 0 Å². The first kappa shape index (κ1) is 76.1. The molecule has 2 atom stereocenters. The van der Waals surface area contributed by atoms with Crippen molar-refractivity contribution in [2.24, 2.45) is 0 Å². The zero-order chi connectivity index (χ0) is 56.4. The first-order valence-corrected chi connectivity index (χ1v) is 35.3. The summed E-state index contributed by atoms with van der Waals surface area (Å²) in [4.78, 5) is 24.5. The zero-order valence-electron chi connectivity index (χ0n) is 52.7. The highest BCUT2D eigenvalue weighted by Gasteiger charge is 2.18. The first-order valence-electron chi connectivity index (χ1n) is 35.3. The van der Waals surface area contributed by atoms with Crippen LogP contribution in [-0.2, 0) is 14.3 Å². The Morgan fingerprint density at radius 1 is 0.359 bits per heavy atom. The lowest BCUT2D eigenvalue weighted by Crippen LogP contribution is -2.45. The minimum Gasteiger partial charge on any atom is -0.466 e. The van der Waals surface area contributed by atoms with Crippen molar-refractivity contribution in [2.75, 3.05) is 13.2 Å². The predicted octanol–water partition coefficient (Wildman–Crippen LogP) is 22.7. The second-order valence-electron chi connectivity index (χ2n) is 24.2. The normalized spacial score (nSPS) is 12.7. The highest BCUT2D eigenvalue weighted by Crippen LogP contribution is 2.19. The van der Waals surface area contributed by atoms with Crippen LogP contribution in [0.15, 0.2) is 36.5 Å². The third-order valence-corrected chi connectivity index (χ3v) is 16.4. The van der Waals surface area contributed by atoms with E-state index in [4.69, 9.17) is 4.74 Å². The Labute approximate surface area is 487 Å². The Bertz CT molecular complexity index is 1260. The van der Waals surface area contributed by atoms with Crippen LogP contribution in [0.5, 0.6) is 0 Å². The number of carbonyl (C=O) groups is 2. The molecule has 78 heavy (non-hydrogen) atoms. The van der Waals surface area contributed by atoms with E-state index >= 15 is 0 Å². The van der Waals surface area contributed by atoms with Gasteiger partial charge in [-0.15, -0.1) is 0 Å². The van der Waals surface area contributed by atoms with Gasteiger partial charge < -0.3 is 20.3 Å². The number of rotatable bonds is 66. The van der Waals surface area contributed by atoms with Crippen molar-refractivity contribution in [3.63, 3.8) is 0 Å². The Kier molecular flexibility index (Phi) is 65.9. The lowest BCUT2D eigenvalue weighted by Gasteiger charge is -2.20. The average molecular weight is 1100 g/mol. The number of unbranched alkanes of at least 4 members (excludes halogenated alkanes) is 51. The molecule has 0 aliphatic rings. The van der Waals surface area contributed by atoms with Crippen LogP contribution >= 0.6 is 0 Å². The van der Waals surface area contributed by atoms with Crippen molar-refractivity contribution in [3.05, 3.63) is 36.5 Å². The fourth-order valence-corrected chi connectivity index (χ4v) is 11.0. The molecule has 0 aromatic carbocycles. The molecule has 0 aliphatic carbocycles. The van der Waals surface area contributed by atoms with E-state index in [0.29, 0.717) is 19.4 Å². The fraction of sp³-hybridized carbons (Fsp3) is 0.889. The minimum absolute atomic E-state index is 0.00783. The molecule has 0 bridgehead atoms. The summed E-state index contributed by atoms with van der Waals surface area (Å²) in [5.74, 6) is -0.0543. The van der Waals surface area contributed by atoms with Crippen molar-refractivity contribution in [3.8, 4) is 0 Å². The van der Waals surface area contributed by atoms with Crippen molar-refractivity contribution < 1.29 is 24.5 Å². The number of carbonyl (C=O) groups excluding carboxylic acids is 2. The molecule has 0 aromatic rings. The number of aliphatic hydroxyl groups excluding tert-OH is 2. The summed E-state index contributed by atoms with van der Waals surface area (Å²) < 4.78 is 5.48. The van der Waals surface area contributed by atoms with E-state index in [1.54, 1.807) is 6.08 Å². The van der Waals surface area contributed by atoms with Gasteiger partial charge in [-0.1, -0.05) is 352 Å². The monoisotopic (exact) mass is 1100 g/mol. The number of hydrogen-bond donors (Lipinski definition) is 3. The van der Waals surface area contributed by atoms with Gasteiger partial charge in [-0.25, -0.2) is 0 Å². The van der Waals surface area contributed by atoms with Crippen molar-refractivity contribution in [1.82, 2.24) is 5.32 Å². The van der Waals surface area contributed by atoms with Crippen molar-refractivity contribution in [2.45, 2.75) is 398 Å². The Morgan fingerprint density at radius 3 is 1.03 bits per heavy atom. The van der Waals surface area contributed by atoms with Crippen LogP contribution in [0.4, 0.5) is 0 Å². The van der Waals surface area contributed by atoms with Crippen LogP contribution in [0.3, 0.4) is 0 Å². The molecule has 0 saturated carbocycles. The molecule has 2 unspecified atom stereocenters. The number of nitrogens with one attached hydrogen (secondary N) is 1. The summed E-state index contributed by atoms with van der Waals surface area (Å²) >= 11 is 0. The van der Waals surface area contributed by atoms with Gasteiger partial charge >= 0.3 is 5.97 Å². The lowest BCUT2D eigenvalue weighted by molar-refractivity contribution is -0.143. The summed E-state index contributed by atoms with van der Waals surface area (Å²) in [6.45, 7) is 4.85. The maximum atomic E-state index is 12.4. The van der Waals surface area contributed by atoms with Crippen LogP contribution in [0.1, 0.15) is 386 Å². The summed E-state index contributed by atoms with van der Waals surface area (Å²) in [5.41, 5.74) is 0. The molecule has 0 aromatic heterocycles. The summed E-state index contributed by atoms with van der Waals surface area (Å²) in [7, 11) is 0. The molecule has 0 saturated heterocycles. The summed E-state index contributed by atoms with van der Waals surface area (Å²) in [5, 5.41) is 23.1. The van der Waals surface area contributed by atoms with Crippen LogP contribution in [-0.4, -0.2) is 47.4 Å². The lowest BCUT2D eigenvalue weighted by atomic mass is 10.0. The van der Waals surface area contributed by atoms with Crippen molar-refractivity contribution in [1.29, 1.82) is 0 Å². The maximum Gasteiger partial charge on any atom is 0.305 e.